The zero-order valence-corrected chi connectivity index (χ0v) is 15.2. The third-order valence-corrected chi connectivity index (χ3v) is 5.09. The van der Waals surface area contributed by atoms with Gasteiger partial charge in [-0.1, -0.05) is 12.1 Å². The molecule has 1 atom stereocenters. The summed E-state index contributed by atoms with van der Waals surface area (Å²) in [7, 11) is 0. The van der Waals surface area contributed by atoms with Crippen LogP contribution in [0.5, 0.6) is 0 Å². The van der Waals surface area contributed by atoms with Gasteiger partial charge in [0.25, 0.3) is 5.91 Å². The van der Waals surface area contributed by atoms with Crippen molar-refractivity contribution in [2.24, 2.45) is 0 Å². The number of piperidine rings is 1. The Bertz CT molecular complexity index is 620. The van der Waals surface area contributed by atoms with E-state index in [4.69, 9.17) is 0 Å². The van der Waals surface area contributed by atoms with Gasteiger partial charge in [-0.25, -0.2) is 0 Å². The zero-order valence-electron chi connectivity index (χ0n) is 14.4. The van der Waals surface area contributed by atoms with Crippen LogP contribution in [-0.4, -0.2) is 60.4 Å². The molecule has 2 aliphatic rings. The highest BCUT2D eigenvalue weighted by molar-refractivity contribution is 5.96. The quantitative estimate of drug-likeness (QED) is 0.883. The third-order valence-electron chi connectivity index (χ3n) is 5.09. The molecule has 0 spiro atoms. The van der Waals surface area contributed by atoms with Crippen molar-refractivity contribution in [2.45, 2.75) is 32.7 Å². The van der Waals surface area contributed by atoms with Crippen LogP contribution in [0.3, 0.4) is 0 Å². The zero-order chi connectivity index (χ0) is 16.4. The van der Waals surface area contributed by atoms with Crippen LogP contribution in [0.4, 0.5) is 0 Å². The number of likely N-dealkylation sites (tertiary alicyclic amines) is 1. The maximum atomic E-state index is 12.9. The number of carbonyl (C=O) groups is 2. The molecule has 0 aliphatic carbocycles. The minimum Gasteiger partial charge on any atom is -0.337 e. The van der Waals surface area contributed by atoms with Gasteiger partial charge in [0, 0.05) is 37.8 Å². The molecule has 1 aromatic carbocycles. The van der Waals surface area contributed by atoms with Crippen LogP contribution in [0.1, 0.15) is 34.3 Å². The van der Waals surface area contributed by atoms with Crippen LogP contribution in [0.15, 0.2) is 18.2 Å². The number of carbonyl (C=O) groups excluding carboxylic acids is 2. The van der Waals surface area contributed by atoms with E-state index in [0.29, 0.717) is 13.1 Å². The minimum absolute atomic E-state index is 0. The fourth-order valence-electron chi connectivity index (χ4n) is 3.55. The summed E-state index contributed by atoms with van der Waals surface area (Å²) in [4.78, 5) is 28.9. The molecule has 0 bridgehead atoms. The Kier molecular flexibility index (Phi) is 6.24. The second-order valence-corrected chi connectivity index (χ2v) is 6.56. The van der Waals surface area contributed by atoms with Crippen LogP contribution >= 0.6 is 12.4 Å². The lowest BCUT2D eigenvalue weighted by Crippen LogP contribution is -2.57. The molecule has 6 heteroatoms. The number of nitrogens with zero attached hydrogens (tertiary/aromatic N) is 2. The summed E-state index contributed by atoms with van der Waals surface area (Å²) < 4.78 is 0. The van der Waals surface area contributed by atoms with Gasteiger partial charge in [0.1, 0.15) is 0 Å². The highest BCUT2D eigenvalue weighted by Gasteiger charge is 2.32. The second-order valence-electron chi connectivity index (χ2n) is 6.56. The topological polar surface area (TPSA) is 52.7 Å². The molecular formula is C18H26ClN3O2. The molecule has 0 aromatic heterocycles. The van der Waals surface area contributed by atoms with E-state index in [-0.39, 0.29) is 30.3 Å². The van der Waals surface area contributed by atoms with E-state index in [0.717, 1.165) is 49.2 Å². The van der Waals surface area contributed by atoms with Crippen LogP contribution < -0.4 is 5.32 Å². The number of aryl methyl sites for hydroxylation is 1. The van der Waals surface area contributed by atoms with Crippen molar-refractivity contribution in [1.82, 2.24) is 15.1 Å². The van der Waals surface area contributed by atoms with E-state index in [1.165, 1.54) is 0 Å². The van der Waals surface area contributed by atoms with Crippen molar-refractivity contribution in [3.05, 3.63) is 34.9 Å². The maximum absolute atomic E-state index is 12.9. The first-order valence-electron chi connectivity index (χ1n) is 8.43. The molecule has 0 radical (unpaired) electrons. The summed E-state index contributed by atoms with van der Waals surface area (Å²) in [6.07, 6.45) is 1.95. The van der Waals surface area contributed by atoms with E-state index in [9.17, 15) is 9.59 Å². The number of hydrogen-bond donors (Lipinski definition) is 1. The summed E-state index contributed by atoms with van der Waals surface area (Å²) in [6.45, 7) is 7.47. The number of hydrogen-bond acceptors (Lipinski definition) is 3. The molecule has 2 saturated heterocycles. The fourth-order valence-corrected chi connectivity index (χ4v) is 3.55. The first-order valence-corrected chi connectivity index (χ1v) is 8.43. The number of amides is 2. The van der Waals surface area contributed by atoms with Crippen molar-refractivity contribution >= 4 is 24.2 Å². The first-order chi connectivity index (χ1) is 11.1. The normalized spacial score (nSPS) is 21.4. The maximum Gasteiger partial charge on any atom is 0.254 e. The Hall–Kier alpha value is -1.59. The molecule has 1 aromatic rings. The van der Waals surface area contributed by atoms with Gasteiger partial charge < -0.3 is 15.1 Å². The van der Waals surface area contributed by atoms with Gasteiger partial charge in [0.05, 0.1) is 6.54 Å². The summed E-state index contributed by atoms with van der Waals surface area (Å²) >= 11 is 0. The van der Waals surface area contributed by atoms with Crippen molar-refractivity contribution in [2.75, 3.05) is 32.7 Å². The summed E-state index contributed by atoms with van der Waals surface area (Å²) in [6, 6.07) is 6.04. The standard InChI is InChI=1S/C18H25N3O2.ClH/c1-13-5-3-7-16(14(13)2)18(23)20-9-4-6-15(12-20)21-10-8-19-11-17(21)22;/h3,5,7,15,19H,4,6,8-12H2,1-2H3;1H. The van der Waals surface area contributed by atoms with Gasteiger partial charge in [0.15, 0.2) is 0 Å². The Morgan fingerprint density at radius 1 is 1.25 bits per heavy atom. The molecule has 2 amide bonds. The lowest BCUT2D eigenvalue weighted by molar-refractivity contribution is -0.135. The summed E-state index contributed by atoms with van der Waals surface area (Å²) in [5.41, 5.74) is 2.98. The number of halogens is 1. The number of benzene rings is 1. The van der Waals surface area contributed by atoms with E-state index in [2.05, 4.69) is 5.32 Å². The largest absolute Gasteiger partial charge is 0.337 e. The van der Waals surface area contributed by atoms with Crippen molar-refractivity contribution in [1.29, 1.82) is 0 Å². The Labute approximate surface area is 149 Å². The highest BCUT2D eigenvalue weighted by atomic mass is 35.5. The predicted molar refractivity (Wildman–Crippen MR) is 96.7 cm³/mol. The SMILES string of the molecule is Cc1cccc(C(=O)N2CCCC(N3CCNCC3=O)C2)c1C.Cl. The Balaban J connectivity index is 0.00000208. The Morgan fingerprint density at radius 3 is 2.79 bits per heavy atom. The molecule has 2 aliphatic heterocycles. The van der Waals surface area contributed by atoms with Crippen LogP contribution in [0.2, 0.25) is 0 Å². The van der Waals surface area contributed by atoms with Gasteiger partial charge in [-0.05, 0) is 43.9 Å². The average molecular weight is 352 g/mol. The highest BCUT2D eigenvalue weighted by Crippen LogP contribution is 2.21. The summed E-state index contributed by atoms with van der Waals surface area (Å²) in [5.74, 6) is 0.251. The van der Waals surface area contributed by atoms with E-state index < -0.39 is 0 Å². The Morgan fingerprint density at radius 2 is 2.04 bits per heavy atom. The molecule has 132 valence electrons. The second kappa shape index (κ2) is 7.99. The lowest BCUT2D eigenvalue weighted by Gasteiger charge is -2.41. The van der Waals surface area contributed by atoms with E-state index in [1.807, 2.05) is 41.8 Å². The molecule has 1 unspecified atom stereocenters. The molecule has 24 heavy (non-hydrogen) atoms. The number of nitrogens with one attached hydrogen (secondary N) is 1. The molecule has 2 heterocycles. The molecule has 2 fully saturated rings. The minimum atomic E-state index is 0. The van der Waals surface area contributed by atoms with Crippen molar-refractivity contribution in [3.8, 4) is 0 Å². The first kappa shape index (κ1) is 18.7. The molecule has 5 nitrogen and oxygen atoms in total. The molecular weight excluding hydrogens is 326 g/mol. The van der Waals surface area contributed by atoms with Crippen LogP contribution in [-0.2, 0) is 4.79 Å². The van der Waals surface area contributed by atoms with Gasteiger partial charge in [0.2, 0.25) is 5.91 Å². The van der Waals surface area contributed by atoms with Gasteiger partial charge in [-0.3, -0.25) is 9.59 Å². The average Bonchev–Trinajstić information content (AvgIpc) is 2.57. The van der Waals surface area contributed by atoms with Crippen molar-refractivity contribution < 1.29 is 9.59 Å². The number of piperazine rings is 1. The molecule has 3 rings (SSSR count). The fraction of sp³-hybridized carbons (Fsp3) is 0.556. The van der Waals surface area contributed by atoms with Crippen LogP contribution in [0, 0.1) is 13.8 Å². The molecule has 0 saturated carbocycles. The molecule has 1 N–H and O–H groups in total. The summed E-state index contributed by atoms with van der Waals surface area (Å²) in [5, 5.41) is 3.11. The van der Waals surface area contributed by atoms with Crippen LogP contribution in [0.25, 0.3) is 0 Å². The van der Waals surface area contributed by atoms with E-state index in [1.54, 1.807) is 0 Å². The van der Waals surface area contributed by atoms with Gasteiger partial charge >= 0.3 is 0 Å². The smallest absolute Gasteiger partial charge is 0.254 e. The van der Waals surface area contributed by atoms with E-state index >= 15 is 0 Å². The predicted octanol–water partition coefficient (Wildman–Crippen LogP) is 1.76. The third kappa shape index (κ3) is 3.73. The van der Waals surface area contributed by atoms with Crippen molar-refractivity contribution in [3.63, 3.8) is 0 Å². The van der Waals surface area contributed by atoms with Gasteiger partial charge in [-0.15, -0.1) is 12.4 Å². The lowest BCUT2D eigenvalue weighted by atomic mass is 9.99. The monoisotopic (exact) mass is 351 g/mol. The van der Waals surface area contributed by atoms with Gasteiger partial charge in [-0.2, -0.15) is 0 Å². The number of rotatable bonds is 2.